The molecule has 0 aliphatic carbocycles. The van der Waals surface area contributed by atoms with Crippen LogP contribution in [-0.2, 0) is 0 Å². The van der Waals surface area contributed by atoms with Gasteiger partial charge in [-0.3, -0.25) is 4.79 Å². The Hall–Kier alpha value is -2.37. The summed E-state index contributed by atoms with van der Waals surface area (Å²) in [6, 6.07) is 7.30. The lowest BCUT2D eigenvalue weighted by molar-refractivity contribution is -0.0498. The zero-order valence-electron chi connectivity index (χ0n) is 10.0. The van der Waals surface area contributed by atoms with Crippen LogP contribution in [0.3, 0.4) is 0 Å². The molecule has 1 aromatic carbocycles. The number of hydrogen-bond donors (Lipinski definition) is 1. The minimum Gasteiger partial charge on any atom is -0.459 e. The summed E-state index contributed by atoms with van der Waals surface area (Å²) >= 11 is 0. The summed E-state index contributed by atoms with van der Waals surface area (Å²) in [4.78, 5) is 11.8. The molecular weight excluding hydrogens is 256 g/mol. The van der Waals surface area contributed by atoms with Gasteiger partial charge in [0.05, 0.1) is 6.26 Å². The number of furan rings is 1. The van der Waals surface area contributed by atoms with Crippen molar-refractivity contribution in [3.05, 3.63) is 47.9 Å². The Morgan fingerprint density at radius 3 is 2.47 bits per heavy atom. The number of benzene rings is 1. The average molecular weight is 267 g/mol. The molecule has 1 N–H and O–H groups in total. The molecule has 0 saturated heterocycles. The molecule has 0 spiro atoms. The molecule has 0 radical (unpaired) electrons. The Morgan fingerprint density at radius 2 is 1.95 bits per heavy atom. The van der Waals surface area contributed by atoms with Crippen LogP contribution in [0.15, 0.2) is 41.0 Å². The van der Waals surface area contributed by atoms with Crippen LogP contribution in [0.25, 0.3) is 0 Å². The van der Waals surface area contributed by atoms with E-state index in [0.717, 1.165) is 5.56 Å². The number of carbonyl (C=O) groups excluding carboxylic acids is 1. The molecule has 2 rings (SSSR count). The third-order valence-corrected chi connectivity index (χ3v) is 2.41. The van der Waals surface area contributed by atoms with Gasteiger partial charge in [0.1, 0.15) is 5.75 Å². The van der Waals surface area contributed by atoms with E-state index in [1.54, 1.807) is 13.0 Å². The molecule has 19 heavy (non-hydrogen) atoms. The summed E-state index contributed by atoms with van der Waals surface area (Å²) in [5, 5.41) is 2.59. The van der Waals surface area contributed by atoms with Gasteiger partial charge in [-0.1, -0.05) is 0 Å². The Morgan fingerprint density at radius 1 is 1.26 bits per heavy atom. The van der Waals surface area contributed by atoms with Gasteiger partial charge >= 0.3 is 6.61 Å². The molecule has 1 aromatic heterocycles. The number of amides is 1. The largest absolute Gasteiger partial charge is 0.459 e. The quantitative estimate of drug-likeness (QED) is 0.923. The molecule has 0 unspecified atom stereocenters. The van der Waals surface area contributed by atoms with Crippen molar-refractivity contribution in [2.24, 2.45) is 0 Å². The SMILES string of the molecule is Cc1ccoc1C(=O)Nc1ccc(OC(F)F)cc1. The van der Waals surface area contributed by atoms with Crippen molar-refractivity contribution in [3.63, 3.8) is 0 Å². The minimum atomic E-state index is -2.87. The van der Waals surface area contributed by atoms with Crippen molar-refractivity contribution in [2.75, 3.05) is 5.32 Å². The number of nitrogens with one attached hydrogen (secondary N) is 1. The van der Waals surface area contributed by atoms with E-state index in [0.29, 0.717) is 5.69 Å². The highest BCUT2D eigenvalue weighted by molar-refractivity contribution is 6.03. The van der Waals surface area contributed by atoms with Gasteiger partial charge in [0, 0.05) is 11.3 Å². The summed E-state index contributed by atoms with van der Waals surface area (Å²) in [6.45, 7) is -1.12. The van der Waals surface area contributed by atoms with Crippen molar-refractivity contribution in [1.82, 2.24) is 0 Å². The fraction of sp³-hybridized carbons (Fsp3) is 0.154. The van der Waals surface area contributed by atoms with Crippen molar-refractivity contribution in [2.45, 2.75) is 13.5 Å². The van der Waals surface area contributed by atoms with Crippen LogP contribution < -0.4 is 10.1 Å². The van der Waals surface area contributed by atoms with Crippen molar-refractivity contribution < 1.29 is 22.7 Å². The number of aryl methyl sites for hydroxylation is 1. The number of alkyl halides is 2. The van der Waals surface area contributed by atoms with Gasteiger partial charge in [0.2, 0.25) is 0 Å². The first-order valence-corrected chi connectivity index (χ1v) is 5.46. The van der Waals surface area contributed by atoms with E-state index in [2.05, 4.69) is 10.1 Å². The van der Waals surface area contributed by atoms with Crippen LogP contribution in [0.4, 0.5) is 14.5 Å². The van der Waals surface area contributed by atoms with Crippen LogP contribution >= 0.6 is 0 Å². The topological polar surface area (TPSA) is 51.5 Å². The standard InChI is InChI=1S/C13H11F2NO3/c1-8-6-7-18-11(8)12(17)16-9-2-4-10(5-3-9)19-13(14)15/h2-7,13H,1H3,(H,16,17). The van der Waals surface area contributed by atoms with Crippen LogP contribution in [0.2, 0.25) is 0 Å². The molecule has 0 saturated carbocycles. The molecule has 0 bridgehead atoms. The molecule has 1 heterocycles. The zero-order valence-corrected chi connectivity index (χ0v) is 10.0. The second-order valence-corrected chi connectivity index (χ2v) is 3.79. The number of anilines is 1. The van der Waals surface area contributed by atoms with E-state index in [9.17, 15) is 13.6 Å². The van der Waals surface area contributed by atoms with Gasteiger partial charge in [-0.25, -0.2) is 0 Å². The number of halogens is 2. The zero-order chi connectivity index (χ0) is 13.8. The van der Waals surface area contributed by atoms with E-state index in [1.165, 1.54) is 30.5 Å². The van der Waals surface area contributed by atoms with E-state index in [4.69, 9.17) is 4.42 Å². The second kappa shape index (κ2) is 5.51. The maximum absolute atomic E-state index is 12.0. The Bertz CT molecular complexity index is 564. The molecule has 0 aliphatic heterocycles. The molecule has 2 aromatic rings. The maximum Gasteiger partial charge on any atom is 0.387 e. The van der Waals surface area contributed by atoms with Gasteiger partial charge in [-0.05, 0) is 37.3 Å². The van der Waals surface area contributed by atoms with Crippen LogP contribution in [0, 0.1) is 6.92 Å². The van der Waals surface area contributed by atoms with E-state index >= 15 is 0 Å². The van der Waals surface area contributed by atoms with Crippen molar-refractivity contribution >= 4 is 11.6 Å². The molecular formula is C13H11F2NO3. The predicted octanol–water partition coefficient (Wildman–Crippen LogP) is 3.44. The number of hydrogen-bond acceptors (Lipinski definition) is 3. The maximum atomic E-state index is 12.0. The smallest absolute Gasteiger partial charge is 0.387 e. The van der Waals surface area contributed by atoms with Crippen molar-refractivity contribution in [1.29, 1.82) is 0 Å². The Kier molecular flexibility index (Phi) is 3.79. The molecule has 4 nitrogen and oxygen atoms in total. The van der Waals surface area contributed by atoms with Crippen LogP contribution in [0.5, 0.6) is 5.75 Å². The molecule has 0 atom stereocenters. The highest BCUT2D eigenvalue weighted by Crippen LogP contribution is 2.19. The average Bonchev–Trinajstić information content (AvgIpc) is 2.77. The van der Waals surface area contributed by atoms with E-state index in [1.807, 2.05) is 0 Å². The normalized spacial score (nSPS) is 10.5. The second-order valence-electron chi connectivity index (χ2n) is 3.79. The Balaban J connectivity index is 2.04. The fourth-order valence-corrected chi connectivity index (χ4v) is 1.51. The first-order valence-electron chi connectivity index (χ1n) is 5.46. The third kappa shape index (κ3) is 3.31. The lowest BCUT2D eigenvalue weighted by Crippen LogP contribution is -2.12. The molecule has 0 fully saturated rings. The van der Waals surface area contributed by atoms with Gasteiger partial charge in [0.25, 0.3) is 5.91 Å². The molecule has 6 heteroatoms. The monoisotopic (exact) mass is 267 g/mol. The number of ether oxygens (including phenoxy) is 1. The number of carbonyl (C=O) groups is 1. The Labute approximate surface area is 108 Å². The lowest BCUT2D eigenvalue weighted by atomic mass is 10.2. The molecule has 1 amide bonds. The summed E-state index contributed by atoms with van der Waals surface area (Å²) in [6.07, 6.45) is 1.42. The third-order valence-electron chi connectivity index (χ3n) is 2.41. The fourth-order valence-electron chi connectivity index (χ4n) is 1.51. The summed E-state index contributed by atoms with van der Waals surface area (Å²) in [5.74, 6) is -0.153. The molecule has 0 aliphatic rings. The van der Waals surface area contributed by atoms with Crippen LogP contribution in [-0.4, -0.2) is 12.5 Å². The summed E-state index contributed by atoms with van der Waals surface area (Å²) in [7, 11) is 0. The summed E-state index contributed by atoms with van der Waals surface area (Å²) in [5.41, 5.74) is 1.18. The summed E-state index contributed by atoms with van der Waals surface area (Å²) < 4.78 is 33.2. The van der Waals surface area contributed by atoms with Gasteiger partial charge in [0.15, 0.2) is 5.76 Å². The van der Waals surface area contributed by atoms with Crippen molar-refractivity contribution in [3.8, 4) is 5.75 Å². The first kappa shape index (κ1) is 13.1. The van der Waals surface area contributed by atoms with E-state index in [-0.39, 0.29) is 11.5 Å². The lowest BCUT2D eigenvalue weighted by Gasteiger charge is -2.06. The highest BCUT2D eigenvalue weighted by atomic mass is 19.3. The van der Waals surface area contributed by atoms with Gasteiger partial charge < -0.3 is 14.5 Å². The highest BCUT2D eigenvalue weighted by Gasteiger charge is 2.12. The first-order chi connectivity index (χ1) is 9.06. The number of rotatable bonds is 4. The van der Waals surface area contributed by atoms with Gasteiger partial charge in [-0.15, -0.1) is 0 Å². The predicted molar refractivity (Wildman–Crippen MR) is 64.5 cm³/mol. The minimum absolute atomic E-state index is 0.0298. The van der Waals surface area contributed by atoms with Crippen LogP contribution in [0.1, 0.15) is 16.1 Å². The molecule has 100 valence electrons. The van der Waals surface area contributed by atoms with Gasteiger partial charge in [-0.2, -0.15) is 8.78 Å². The van der Waals surface area contributed by atoms with E-state index < -0.39 is 12.5 Å².